The number of nitrogens with one attached hydrogen (secondary N) is 1. The van der Waals surface area contributed by atoms with Crippen molar-refractivity contribution in [2.45, 2.75) is 11.8 Å². The monoisotopic (exact) mass is 319 g/mol. The maximum atomic E-state index is 12.9. The molecule has 0 bridgehead atoms. The van der Waals surface area contributed by atoms with Crippen LogP contribution in [0.2, 0.25) is 0 Å². The maximum absolute atomic E-state index is 12.9. The van der Waals surface area contributed by atoms with E-state index in [-0.39, 0.29) is 16.5 Å². The van der Waals surface area contributed by atoms with Gasteiger partial charge in [0, 0.05) is 6.92 Å². The van der Waals surface area contributed by atoms with Crippen LogP contribution in [-0.4, -0.2) is 14.3 Å². The third-order valence-electron chi connectivity index (χ3n) is 2.81. The second-order valence-corrected chi connectivity index (χ2v) is 6.37. The zero-order chi connectivity index (χ0) is 16.2. The SMILES string of the molecule is CC(=O)N/C(=C/S(=O)(=O)c1ccc(F)cc1)c1ccccc1. The van der Waals surface area contributed by atoms with E-state index in [9.17, 15) is 17.6 Å². The number of sulfone groups is 1. The summed E-state index contributed by atoms with van der Waals surface area (Å²) in [6.45, 7) is 1.29. The normalized spacial score (nSPS) is 12.0. The van der Waals surface area contributed by atoms with Crippen LogP contribution < -0.4 is 5.32 Å². The zero-order valence-electron chi connectivity index (χ0n) is 11.8. The van der Waals surface area contributed by atoms with Gasteiger partial charge in [0.15, 0.2) is 0 Å². The Morgan fingerprint density at radius 3 is 2.18 bits per heavy atom. The van der Waals surface area contributed by atoms with E-state index in [0.29, 0.717) is 5.56 Å². The van der Waals surface area contributed by atoms with E-state index in [0.717, 1.165) is 17.5 Å². The first kappa shape index (κ1) is 15.9. The number of rotatable bonds is 4. The Kier molecular flexibility index (Phi) is 4.72. The number of amides is 1. The fourth-order valence-electron chi connectivity index (χ4n) is 1.82. The van der Waals surface area contributed by atoms with Crippen molar-refractivity contribution in [3.63, 3.8) is 0 Å². The van der Waals surface area contributed by atoms with Gasteiger partial charge >= 0.3 is 0 Å². The van der Waals surface area contributed by atoms with Crippen molar-refractivity contribution in [1.82, 2.24) is 5.32 Å². The van der Waals surface area contributed by atoms with Crippen LogP contribution in [0, 0.1) is 5.82 Å². The fourth-order valence-corrected chi connectivity index (χ4v) is 2.98. The molecule has 0 aliphatic rings. The van der Waals surface area contributed by atoms with E-state index in [4.69, 9.17) is 0 Å². The van der Waals surface area contributed by atoms with Gasteiger partial charge in [0.1, 0.15) is 5.82 Å². The minimum absolute atomic E-state index is 0.0484. The molecule has 0 saturated carbocycles. The Morgan fingerprint density at radius 2 is 1.64 bits per heavy atom. The predicted molar refractivity (Wildman–Crippen MR) is 81.8 cm³/mol. The Bertz CT molecular complexity index is 797. The molecule has 0 atom stereocenters. The minimum atomic E-state index is -3.81. The highest BCUT2D eigenvalue weighted by molar-refractivity contribution is 7.94. The lowest BCUT2D eigenvalue weighted by molar-refractivity contribution is -0.117. The molecule has 6 heteroatoms. The Labute approximate surface area is 128 Å². The van der Waals surface area contributed by atoms with Crippen molar-refractivity contribution in [1.29, 1.82) is 0 Å². The highest BCUT2D eigenvalue weighted by atomic mass is 32.2. The highest BCUT2D eigenvalue weighted by Crippen LogP contribution is 2.18. The van der Waals surface area contributed by atoms with Crippen LogP contribution >= 0.6 is 0 Å². The summed E-state index contributed by atoms with van der Waals surface area (Å²) in [5.74, 6) is -0.905. The molecule has 0 unspecified atom stereocenters. The van der Waals surface area contributed by atoms with Crippen molar-refractivity contribution >= 4 is 21.4 Å². The molecule has 0 radical (unpaired) electrons. The lowest BCUT2D eigenvalue weighted by Crippen LogP contribution is -2.19. The molecule has 1 N–H and O–H groups in total. The second kappa shape index (κ2) is 6.53. The van der Waals surface area contributed by atoms with Crippen LogP contribution in [-0.2, 0) is 14.6 Å². The molecule has 2 aromatic rings. The van der Waals surface area contributed by atoms with E-state index in [1.165, 1.54) is 19.1 Å². The first-order chi connectivity index (χ1) is 10.4. The van der Waals surface area contributed by atoms with Gasteiger partial charge in [-0.2, -0.15) is 0 Å². The number of halogens is 1. The van der Waals surface area contributed by atoms with Gasteiger partial charge in [0.25, 0.3) is 0 Å². The minimum Gasteiger partial charge on any atom is -0.325 e. The average Bonchev–Trinajstić information content (AvgIpc) is 2.47. The molecule has 0 spiro atoms. The third-order valence-corrected chi connectivity index (χ3v) is 4.29. The van der Waals surface area contributed by atoms with Gasteiger partial charge in [-0.1, -0.05) is 30.3 Å². The fraction of sp³-hybridized carbons (Fsp3) is 0.0625. The van der Waals surface area contributed by atoms with Crippen LogP contribution in [0.15, 0.2) is 64.9 Å². The highest BCUT2D eigenvalue weighted by Gasteiger charge is 2.14. The molecule has 114 valence electrons. The molecule has 1 amide bonds. The quantitative estimate of drug-likeness (QED) is 0.881. The number of hydrogen-bond donors (Lipinski definition) is 1. The van der Waals surface area contributed by atoms with Crippen LogP contribution in [0.25, 0.3) is 5.70 Å². The summed E-state index contributed by atoms with van der Waals surface area (Å²) >= 11 is 0. The van der Waals surface area contributed by atoms with Crippen LogP contribution in [0.3, 0.4) is 0 Å². The smallest absolute Gasteiger partial charge is 0.221 e. The molecule has 2 rings (SSSR count). The lowest BCUT2D eigenvalue weighted by atomic mass is 10.2. The lowest BCUT2D eigenvalue weighted by Gasteiger charge is -2.09. The van der Waals surface area contributed by atoms with Gasteiger partial charge in [-0.25, -0.2) is 12.8 Å². The first-order valence-electron chi connectivity index (χ1n) is 6.44. The Morgan fingerprint density at radius 1 is 1.05 bits per heavy atom. The summed E-state index contributed by atoms with van der Waals surface area (Å²) in [6.07, 6.45) is 0. The van der Waals surface area contributed by atoms with Crippen molar-refractivity contribution in [2.24, 2.45) is 0 Å². The van der Waals surface area contributed by atoms with E-state index in [1.807, 2.05) is 0 Å². The Hall–Kier alpha value is -2.47. The number of hydrogen-bond acceptors (Lipinski definition) is 3. The Balaban J connectivity index is 2.48. The van der Waals surface area contributed by atoms with Crippen molar-refractivity contribution in [3.05, 3.63) is 71.4 Å². The average molecular weight is 319 g/mol. The van der Waals surface area contributed by atoms with Gasteiger partial charge in [0.2, 0.25) is 15.7 Å². The molecular formula is C16H14FNO3S. The number of carbonyl (C=O) groups is 1. The summed E-state index contributed by atoms with van der Waals surface area (Å²) in [7, 11) is -3.81. The number of benzene rings is 2. The standard InChI is InChI=1S/C16H14FNO3S/c1-12(19)18-16(13-5-3-2-4-6-13)11-22(20,21)15-9-7-14(17)8-10-15/h2-11H,1H3,(H,18,19)/b16-11+. The van der Waals surface area contributed by atoms with Gasteiger partial charge in [0.05, 0.1) is 16.0 Å². The summed E-state index contributed by atoms with van der Waals surface area (Å²) in [5, 5.41) is 3.47. The summed E-state index contributed by atoms with van der Waals surface area (Å²) in [4.78, 5) is 11.2. The largest absolute Gasteiger partial charge is 0.325 e. The first-order valence-corrected chi connectivity index (χ1v) is 7.98. The zero-order valence-corrected chi connectivity index (χ0v) is 12.6. The van der Waals surface area contributed by atoms with E-state index >= 15 is 0 Å². The summed E-state index contributed by atoms with van der Waals surface area (Å²) < 4.78 is 37.6. The van der Waals surface area contributed by atoms with E-state index < -0.39 is 15.7 Å². The molecule has 0 aromatic heterocycles. The molecule has 0 fully saturated rings. The van der Waals surface area contributed by atoms with Gasteiger partial charge in [-0.05, 0) is 29.8 Å². The molecule has 0 heterocycles. The van der Waals surface area contributed by atoms with Crippen molar-refractivity contribution in [3.8, 4) is 0 Å². The van der Waals surface area contributed by atoms with Crippen LogP contribution in [0.1, 0.15) is 12.5 Å². The number of carbonyl (C=O) groups excluding carboxylic acids is 1. The van der Waals surface area contributed by atoms with Crippen molar-refractivity contribution < 1.29 is 17.6 Å². The molecule has 2 aromatic carbocycles. The van der Waals surface area contributed by atoms with Crippen LogP contribution in [0.4, 0.5) is 4.39 Å². The predicted octanol–water partition coefficient (Wildman–Crippen LogP) is 2.73. The summed E-state index contributed by atoms with van der Waals surface area (Å²) in [5.41, 5.74) is 0.723. The molecule has 0 aliphatic heterocycles. The molecule has 0 saturated heterocycles. The topological polar surface area (TPSA) is 63.2 Å². The van der Waals surface area contributed by atoms with Gasteiger partial charge in [-0.15, -0.1) is 0 Å². The molecule has 22 heavy (non-hydrogen) atoms. The van der Waals surface area contributed by atoms with Gasteiger partial charge in [-0.3, -0.25) is 4.79 Å². The van der Waals surface area contributed by atoms with E-state index in [2.05, 4.69) is 5.32 Å². The van der Waals surface area contributed by atoms with Gasteiger partial charge < -0.3 is 5.32 Å². The second-order valence-electron chi connectivity index (χ2n) is 4.58. The van der Waals surface area contributed by atoms with Crippen LogP contribution in [0.5, 0.6) is 0 Å². The molecule has 4 nitrogen and oxygen atoms in total. The van der Waals surface area contributed by atoms with Crippen molar-refractivity contribution in [2.75, 3.05) is 0 Å². The maximum Gasteiger partial charge on any atom is 0.221 e. The molecule has 0 aliphatic carbocycles. The third kappa shape index (κ3) is 4.02. The molecular weight excluding hydrogens is 305 g/mol. The van der Waals surface area contributed by atoms with E-state index in [1.54, 1.807) is 30.3 Å². The summed E-state index contributed by atoms with van der Waals surface area (Å²) in [6, 6.07) is 13.1.